The van der Waals surface area contributed by atoms with Gasteiger partial charge in [0.2, 0.25) is 5.91 Å². The highest BCUT2D eigenvalue weighted by Crippen LogP contribution is 2.42. The van der Waals surface area contributed by atoms with Crippen LogP contribution in [0.3, 0.4) is 0 Å². The van der Waals surface area contributed by atoms with Crippen LogP contribution < -0.4 is 10.2 Å². The number of aryl methyl sites for hydroxylation is 3. The van der Waals surface area contributed by atoms with Crippen LogP contribution in [0.4, 0.5) is 5.69 Å². The van der Waals surface area contributed by atoms with Gasteiger partial charge in [-0.05, 0) is 73.6 Å². The van der Waals surface area contributed by atoms with Gasteiger partial charge >= 0.3 is 0 Å². The van der Waals surface area contributed by atoms with Crippen molar-refractivity contribution in [3.05, 3.63) is 111 Å². The molecule has 1 saturated heterocycles. The zero-order valence-corrected chi connectivity index (χ0v) is 22.4. The molecule has 2 unspecified atom stereocenters. The topological polar surface area (TPSA) is 73.2 Å². The third-order valence-electron chi connectivity index (χ3n) is 6.75. The average Bonchev–Trinajstić information content (AvgIpc) is 3.22. The van der Waals surface area contributed by atoms with Gasteiger partial charge in [0.15, 0.2) is 0 Å². The molecule has 3 aromatic carbocycles. The zero-order valence-electron chi connectivity index (χ0n) is 21.6. The number of carbonyl (C=O) groups is 2. The number of hydrogen-bond acceptors (Lipinski definition) is 4. The van der Waals surface area contributed by atoms with Crippen LogP contribution in [-0.4, -0.2) is 17.1 Å². The summed E-state index contributed by atoms with van der Waals surface area (Å²) < 4.78 is 0. The number of amides is 2. The third-order valence-corrected chi connectivity index (χ3v) is 8.01. The number of nitrogens with one attached hydrogen (secondary N) is 1. The smallest absolute Gasteiger partial charge is 0.265 e. The third kappa shape index (κ3) is 5.79. The minimum absolute atomic E-state index is 0.0525. The molecule has 5 nitrogen and oxygen atoms in total. The van der Waals surface area contributed by atoms with Gasteiger partial charge in [-0.2, -0.15) is 5.26 Å². The van der Waals surface area contributed by atoms with E-state index in [1.807, 2.05) is 67.6 Å². The van der Waals surface area contributed by atoms with E-state index in [9.17, 15) is 14.9 Å². The summed E-state index contributed by atoms with van der Waals surface area (Å²) in [4.78, 5) is 28.6. The predicted octanol–water partition coefficient (Wildman–Crippen LogP) is 6.17. The molecule has 0 aromatic heterocycles. The number of anilines is 1. The Hall–Kier alpha value is -3.82. The lowest BCUT2D eigenvalue weighted by Crippen LogP contribution is -2.32. The Balaban J connectivity index is 1.70. The molecule has 6 heteroatoms. The molecule has 1 heterocycles. The van der Waals surface area contributed by atoms with E-state index in [1.54, 1.807) is 4.90 Å². The van der Waals surface area contributed by atoms with E-state index in [-0.39, 0.29) is 17.5 Å². The van der Waals surface area contributed by atoms with Crippen LogP contribution in [0.5, 0.6) is 0 Å². The van der Waals surface area contributed by atoms with Crippen LogP contribution in [0.2, 0.25) is 0 Å². The number of benzene rings is 3. The molecule has 188 valence electrons. The second-order valence-corrected chi connectivity index (χ2v) is 10.5. The zero-order chi connectivity index (χ0) is 26.5. The molecule has 37 heavy (non-hydrogen) atoms. The van der Waals surface area contributed by atoms with Gasteiger partial charge in [0, 0.05) is 5.69 Å². The van der Waals surface area contributed by atoms with E-state index in [1.165, 1.54) is 22.9 Å². The first-order chi connectivity index (χ1) is 17.8. The number of thioether (sulfide) groups is 1. The molecule has 1 aliphatic rings. The van der Waals surface area contributed by atoms with E-state index in [0.717, 1.165) is 23.1 Å². The SMILES string of the molecule is CCc1ccc(N2C(=O)C(Cc3ccc(C)c(C)c3)S/C2=C(/C#N)C(=O)NC(C)c2ccccc2)cc1. The molecule has 3 aromatic rings. The van der Waals surface area contributed by atoms with Gasteiger partial charge in [-0.1, -0.05) is 79.3 Å². The second-order valence-electron chi connectivity index (χ2n) is 9.32. The fraction of sp³-hybridized carbons (Fsp3) is 0.258. The van der Waals surface area contributed by atoms with Crippen LogP contribution in [0, 0.1) is 25.2 Å². The monoisotopic (exact) mass is 509 g/mol. The average molecular weight is 510 g/mol. The van der Waals surface area contributed by atoms with Crippen molar-refractivity contribution in [2.45, 2.75) is 51.8 Å². The van der Waals surface area contributed by atoms with Gasteiger partial charge in [0.25, 0.3) is 5.91 Å². The maximum Gasteiger partial charge on any atom is 0.265 e. The number of nitrogens with zero attached hydrogens (tertiary/aromatic N) is 2. The van der Waals surface area contributed by atoms with Crippen molar-refractivity contribution >= 4 is 29.3 Å². The lowest BCUT2D eigenvalue weighted by atomic mass is 10.0. The molecular formula is C31H31N3O2S. The first-order valence-electron chi connectivity index (χ1n) is 12.5. The summed E-state index contributed by atoms with van der Waals surface area (Å²) in [5, 5.41) is 13.0. The lowest BCUT2D eigenvalue weighted by molar-refractivity contribution is -0.117. The summed E-state index contributed by atoms with van der Waals surface area (Å²) in [7, 11) is 0. The summed E-state index contributed by atoms with van der Waals surface area (Å²) in [5.41, 5.74) is 6.11. The Kier molecular flexibility index (Phi) is 8.15. The Morgan fingerprint density at radius 1 is 1.03 bits per heavy atom. The Bertz CT molecular complexity index is 1370. The number of carbonyl (C=O) groups excluding carboxylic acids is 2. The van der Waals surface area contributed by atoms with Crippen LogP contribution in [0.1, 0.15) is 47.7 Å². The summed E-state index contributed by atoms with van der Waals surface area (Å²) in [6.45, 7) is 8.07. The second kappa shape index (κ2) is 11.5. The molecule has 1 fully saturated rings. The lowest BCUT2D eigenvalue weighted by Gasteiger charge is -2.20. The van der Waals surface area contributed by atoms with Crippen molar-refractivity contribution in [1.82, 2.24) is 5.32 Å². The van der Waals surface area contributed by atoms with Gasteiger partial charge in [-0.3, -0.25) is 14.5 Å². The molecule has 1 N–H and O–H groups in total. The predicted molar refractivity (Wildman–Crippen MR) is 150 cm³/mol. The molecule has 0 bridgehead atoms. The van der Waals surface area contributed by atoms with Crippen molar-refractivity contribution in [2.24, 2.45) is 0 Å². The van der Waals surface area contributed by atoms with Crippen LogP contribution in [0.15, 0.2) is 83.4 Å². The van der Waals surface area contributed by atoms with Crippen molar-refractivity contribution < 1.29 is 9.59 Å². The van der Waals surface area contributed by atoms with E-state index >= 15 is 0 Å². The van der Waals surface area contributed by atoms with E-state index in [0.29, 0.717) is 17.1 Å². The molecule has 0 radical (unpaired) electrons. The Labute approximate surface area is 223 Å². The quantitative estimate of drug-likeness (QED) is 0.305. The number of hydrogen-bond donors (Lipinski definition) is 1. The van der Waals surface area contributed by atoms with Crippen molar-refractivity contribution in [3.8, 4) is 6.07 Å². The first kappa shape index (κ1) is 26.2. The standard InChI is InChI=1S/C31H31N3O2S/c1-5-23-13-15-26(16-14-23)34-30(36)28(18-24-12-11-20(2)21(3)17-24)37-31(34)27(19-32)29(35)33-22(4)25-9-7-6-8-10-25/h6-17,22,28H,5,18H2,1-4H3,(H,33,35)/b31-27-. The van der Waals surface area contributed by atoms with Gasteiger partial charge in [0.1, 0.15) is 16.7 Å². The molecular weight excluding hydrogens is 478 g/mol. The number of nitriles is 1. The summed E-state index contributed by atoms with van der Waals surface area (Å²) in [6.07, 6.45) is 1.39. The van der Waals surface area contributed by atoms with Crippen molar-refractivity contribution in [3.63, 3.8) is 0 Å². The summed E-state index contributed by atoms with van der Waals surface area (Å²) in [6, 6.07) is 25.3. The largest absolute Gasteiger partial charge is 0.345 e. The minimum Gasteiger partial charge on any atom is -0.345 e. The molecule has 1 aliphatic heterocycles. The summed E-state index contributed by atoms with van der Waals surface area (Å²) in [5.74, 6) is -0.615. The molecule has 2 atom stereocenters. The highest BCUT2D eigenvalue weighted by molar-refractivity contribution is 8.05. The number of rotatable bonds is 7. The van der Waals surface area contributed by atoms with E-state index in [2.05, 4.69) is 44.3 Å². The fourth-order valence-corrected chi connectivity index (χ4v) is 5.65. The fourth-order valence-electron chi connectivity index (χ4n) is 4.34. The minimum atomic E-state index is -0.490. The van der Waals surface area contributed by atoms with E-state index < -0.39 is 11.2 Å². The van der Waals surface area contributed by atoms with E-state index in [4.69, 9.17) is 0 Å². The van der Waals surface area contributed by atoms with Crippen LogP contribution >= 0.6 is 11.8 Å². The van der Waals surface area contributed by atoms with Crippen LogP contribution in [0.25, 0.3) is 0 Å². The maximum absolute atomic E-state index is 13.7. The summed E-state index contributed by atoms with van der Waals surface area (Å²) >= 11 is 1.29. The Morgan fingerprint density at radius 3 is 2.32 bits per heavy atom. The maximum atomic E-state index is 13.7. The van der Waals surface area contributed by atoms with Gasteiger partial charge in [0.05, 0.1) is 11.3 Å². The molecule has 0 saturated carbocycles. The van der Waals surface area contributed by atoms with Gasteiger partial charge in [-0.25, -0.2) is 0 Å². The van der Waals surface area contributed by atoms with Crippen LogP contribution in [-0.2, 0) is 22.4 Å². The van der Waals surface area contributed by atoms with Gasteiger partial charge < -0.3 is 5.32 Å². The van der Waals surface area contributed by atoms with Gasteiger partial charge in [-0.15, -0.1) is 0 Å². The van der Waals surface area contributed by atoms with Crippen molar-refractivity contribution in [1.29, 1.82) is 5.26 Å². The molecule has 4 rings (SSSR count). The molecule has 0 spiro atoms. The first-order valence-corrected chi connectivity index (χ1v) is 13.4. The highest BCUT2D eigenvalue weighted by Gasteiger charge is 2.41. The molecule has 2 amide bonds. The normalized spacial score (nSPS) is 17.3. The molecule has 0 aliphatic carbocycles. The van der Waals surface area contributed by atoms with Crippen molar-refractivity contribution in [2.75, 3.05) is 4.90 Å². The Morgan fingerprint density at radius 2 is 1.70 bits per heavy atom. The highest BCUT2D eigenvalue weighted by atomic mass is 32.2.